The molecular formula is C19H26N4O2S. The van der Waals surface area contributed by atoms with E-state index in [1.807, 2.05) is 16.2 Å². The molecule has 0 amide bonds. The number of aryl methyl sites for hydroxylation is 2. The Balaban J connectivity index is 1.66. The van der Waals surface area contributed by atoms with Crippen molar-refractivity contribution >= 4 is 18.2 Å². The van der Waals surface area contributed by atoms with E-state index in [0.29, 0.717) is 18.0 Å². The van der Waals surface area contributed by atoms with E-state index in [4.69, 9.17) is 17.0 Å². The third-order valence-electron chi connectivity index (χ3n) is 4.89. The van der Waals surface area contributed by atoms with Crippen LogP contribution in [0.4, 0.5) is 0 Å². The van der Waals surface area contributed by atoms with Crippen molar-refractivity contribution in [2.45, 2.75) is 40.3 Å². The molecule has 0 N–H and O–H groups in total. The highest BCUT2D eigenvalue weighted by Gasteiger charge is 2.26. The summed E-state index contributed by atoms with van der Waals surface area (Å²) >= 11 is 5.63. The minimum Gasteiger partial charge on any atom is -0.466 e. The van der Waals surface area contributed by atoms with Gasteiger partial charge in [-0.15, -0.1) is 0 Å². The van der Waals surface area contributed by atoms with E-state index in [2.05, 4.69) is 42.0 Å². The van der Waals surface area contributed by atoms with Crippen LogP contribution in [-0.2, 0) is 16.2 Å². The first-order valence-electron chi connectivity index (χ1n) is 9.10. The van der Waals surface area contributed by atoms with E-state index in [1.54, 1.807) is 6.33 Å². The van der Waals surface area contributed by atoms with Gasteiger partial charge in [0, 0.05) is 13.1 Å². The average molecular weight is 375 g/mol. The van der Waals surface area contributed by atoms with Crippen LogP contribution in [0.25, 0.3) is 5.69 Å². The lowest BCUT2D eigenvalue weighted by Gasteiger charge is -2.30. The van der Waals surface area contributed by atoms with Crippen molar-refractivity contribution in [2.24, 2.45) is 5.92 Å². The highest BCUT2D eigenvalue weighted by atomic mass is 32.1. The molecule has 0 spiro atoms. The van der Waals surface area contributed by atoms with Crippen LogP contribution in [0.15, 0.2) is 24.5 Å². The molecule has 0 radical (unpaired) electrons. The Labute approximate surface area is 159 Å². The number of carbonyl (C=O) groups excluding carboxylic acids is 1. The fraction of sp³-hybridized carbons (Fsp3) is 0.526. The number of piperidine rings is 1. The minimum absolute atomic E-state index is 0.0203. The highest BCUT2D eigenvalue weighted by Crippen LogP contribution is 2.20. The fourth-order valence-corrected chi connectivity index (χ4v) is 3.69. The van der Waals surface area contributed by atoms with Crippen molar-refractivity contribution in [3.8, 4) is 5.69 Å². The van der Waals surface area contributed by atoms with E-state index < -0.39 is 0 Å². The highest BCUT2D eigenvalue weighted by molar-refractivity contribution is 7.71. The van der Waals surface area contributed by atoms with Crippen LogP contribution < -0.4 is 0 Å². The molecule has 0 bridgehead atoms. The first-order valence-corrected chi connectivity index (χ1v) is 9.51. The molecule has 1 aromatic carbocycles. The topological polar surface area (TPSA) is 52.3 Å². The van der Waals surface area contributed by atoms with Crippen LogP contribution in [0.5, 0.6) is 0 Å². The summed E-state index contributed by atoms with van der Waals surface area (Å²) in [4.78, 5) is 14.1. The predicted molar refractivity (Wildman–Crippen MR) is 103 cm³/mol. The number of nitrogens with zero attached hydrogens (tertiary/aromatic N) is 4. The molecule has 0 atom stereocenters. The Morgan fingerprint density at radius 3 is 2.69 bits per heavy atom. The Morgan fingerprint density at radius 2 is 2.04 bits per heavy atom. The minimum atomic E-state index is -0.0668. The number of hydrogen-bond donors (Lipinski definition) is 0. The molecule has 0 aliphatic carbocycles. The molecule has 3 rings (SSSR count). The number of carbonyl (C=O) groups is 1. The van der Waals surface area contributed by atoms with Crippen LogP contribution >= 0.6 is 12.2 Å². The number of benzene rings is 1. The summed E-state index contributed by atoms with van der Waals surface area (Å²) in [5, 5.41) is 4.48. The van der Waals surface area contributed by atoms with Crippen LogP contribution in [0.1, 0.15) is 30.9 Å². The molecule has 2 heterocycles. The van der Waals surface area contributed by atoms with Crippen molar-refractivity contribution in [3.05, 3.63) is 40.4 Å². The van der Waals surface area contributed by atoms with Gasteiger partial charge >= 0.3 is 5.97 Å². The van der Waals surface area contributed by atoms with Gasteiger partial charge in [0.2, 0.25) is 4.77 Å². The second kappa shape index (κ2) is 8.14. The maximum atomic E-state index is 11.9. The summed E-state index contributed by atoms with van der Waals surface area (Å²) in [6.45, 7) is 8.81. The van der Waals surface area contributed by atoms with Crippen LogP contribution in [0.3, 0.4) is 0 Å². The summed E-state index contributed by atoms with van der Waals surface area (Å²) in [6, 6.07) is 6.31. The SMILES string of the molecule is CCOC(=O)C1CCN(Cn2ncn(-c3ccc(C)cc3C)c2=S)CC1. The Hall–Kier alpha value is -1.99. The van der Waals surface area contributed by atoms with Gasteiger partial charge in [-0.1, -0.05) is 17.7 Å². The molecule has 7 heteroatoms. The zero-order chi connectivity index (χ0) is 18.7. The molecule has 1 aliphatic heterocycles. The maximum absolute atomic E-state index is 11.9. The number of rotatable bonds is 5. The summed E-state index contributed by atoms with van der Waals surface area (Å²) in [7, 11) is 0. The van der Waals surface area contributed by atoms with Crippen molar-refractivity contribution in [1.82, 2.24) is 19.2 Å². The van der Waals surface area contributed by atoms with Crippen LogP contribution in [0.2, 0.25) is 0 Å². The monoisotopic (exact) mass is 374 g/mol. The molecule has 0 saturated carbocycles. The van der Waals surface area contributed by atoms with Gasteiger partial charge in [0.05, 0.1) is 24.9 Å². The van der Waals surface area contributed by atoms with Gasteiger partial charge in [0.25, 0.3) is 0 Å². The average Bonchev–Trinajstić information content (AvgIpc) is 2.96. The zero-order valence-electron chi connectivity index (χ0n) is 15.6. The Morgan fingerprint density at radius 1 is 1.31 bits per heavy atom. The zero-order valence-corrected chi connectivity index (χ0v) is 16.5. The third kappa shape index (κ3) is 4.04. The summed E-state index contributed by atoms with van der Waals surface area (Å²) < 4.78 is 9.62. The molecule has 1 aliphatic rings. The molecule has 1 saturated heterocycles. The van der Waals surface area contributed by atoms with Crippen molar-refractivity contribution in [2.75, 3.05) is 19.7 Å². The summed E-state index contributed by atoms with van der Waals surface area (Å²) in [5.74, 6) is -0.0465. The van der Waals surface area contributed by atoms with Crippen LogP contribution in [-0.4, -0.2) is 44.9 Å². The second-order valence-electron chi connectivity index (χ2n) is 6.86. The van der Waals surface area contributed by atoms with E-state index in [-0.39, 0.29) is 11.9 Å². The fourth-order valence-electron chi connectivity index (χ4n) is 3.43. The summed E-state index contributed by atoms with van der Waals surface area (Å²) in [5.41, 5.74) is 3.47. The number of ether oxygens (including phenoxy) is 1. The molecule has 140 valence electrons. The van der Waals surface area contributed by atoms with Gasteiger partial charge in [-0.05, 0) is 57.5 Å². The number of hydrogen-bond acceptors (Lipinski definition) is 5. The third-order valence-corrected chi connectivity index (χ3v) is 5.29. The predicted octanol–water partition coefficient (Wildman–Crippen LogP) is 3.25. The van der Waals surface area contributed by atoms with Crippen molar-refractivity contribution in [1.29, 1.82) is 0 Å². The van der Waals surface area contributed by atoms with Crippen molar-refractivity contribution < 1.29 is 9.53 Å². The van der Waals surface area contributed by atoms with Gasteiger partial charge in [-0.2, -0.15) is 5.10 Å². The first kappa shape index (κ1) is 18.8. The van der Waals surface area contributed by atoms with E-state index >= 15 is 0 Å². The summed E-state index contributed by atoms with van der Waals surface area (Å²) in [6.07, 6.45) is 3.43. The Kier molecular flexibility index (Phi) is 5.88. The molecule has 6 nitrogen and oxygen atoms in total. The molecule has 26 heavy (non-hydrogen) atoms. The van der Waals surface area contributed by atoms with Gasteiger partial charge in [0.15, 0.2) is 0 Å². The van der Waals surface area contributed by atoms with Crippen LogP contribution in [0, 0.1) is 24.5 Å². The number of aromatic nitrogens is 3. The lowest BCUT2D eigenvalue weighted by atomic mass is 9.97. The molecule has 2 aromatic rings. The first-order chi connectivity index (χ1) is 12.5. The smallest absolute Gasteiger partial charge is 0.309 e. The molecular weight excluding hydrogens is 348 g/mol. The van der Waals surface area contributed by atoms with E-state index in [1.165, 1.54) is 11.1 Å². The van der Waals surface area contributed by atoms with E-state index in [9.17, 15) is 4.79 Å². The van der Waals surface area contributed by atoms with E-state index in [0.717, 1.165) is 31.6 Å². The van der Waals surface area contributed by atoms with Gasteiger partial charge in [-0.25, -0.2) is 4.68 Å². The molecule has 1 aromatic heterocycles. The van der Waals surface area contributed by atoms with Crippen molar-refractivity contribution in [3.63, 3.8) is 0 Å². The van der Waals surface area contributed by atoms with Gasteiger partial charge in [0.1, 0.15) is 6.33 Å². The number of esters is 1. The normalized spacial score (nSPS) is 16.0. The standard InChI is InChI=1S/C19H26N4O2S/c1-4-25-18(24)16-7-9-21(10-8-16)13-23-19(26)22(12-20-23)17-6-5-14(2)11-15(17)3/h5-6,11-12,16H,4,7-10,13H2,1-3H3. The maximum Gasteiger partial charge on any atom is 0.309 e. The molecule has 1 fully saturated rings. The largest absolute Gasteiger partial charge is 0.466 e. The number of likely N-dealkylation sites (tertiary alicyclic amines) is 1. The van der Waals surface area contributed by atoms with Gasteiger partial charge < -0.3 is 4.74 Å². The molecule has 0 unspecified atom stereocenters. The van der Waals surface area contributed by atoms with Gasteiger partial charge in [-0.3, -0.25) is 14.3 Å². The Bertz CT molecular complexity index is 834. The lowest BCUT2D eigenvalue weighted by molar-refractivity contribution is -0.149. The quantitative estimate of drug-likeness (QED) is 0.594. The second-order valence-corrected chi connectivity index (χ2v) is 7.22. The lowest BCUT2D eigenvalue weighted by Crippen LogP contribution is -2.38.